The summed E-state index contributed by atoms with van der Waals surface area (Å²) in [7, 11) is 1.71. The lowest BCUT2D eigenvalue weighted by Gasteiger charge is -2.28. The van der Waals surface area contributed by atoms with Crippen LogP contribution in [-0.2, 0) is 9.47 Å². The molecule has 3 N–H and O–H groups in total. The fourth-order valence-corrected chi connectivity index (χ4v) is 2.82. The third-order valence-corrected chi connectivity index (χ3v) is 4.39. The molecule has 1 aliphatic rings. The standard InChI is InChI=1S/C18H36N4O4/c1-6-22(16(24)26-17(2,3)4)10-9-20-15(19-5)21-13-18(7-11-23)8-12-25-14-18/h23H,6-14H2,1-5H3,(H2,19,20,21). The van der Waals surface area contributed by atoms with Gasteiger partial charge >= 0.3 is 6.09 Å². The lowest BCUT2D eigenvalue weighted by atomic mass is 9.84. The number of nitrogens with one attached hydrogen (secondary N) is 2. The molecule has 0 aliphatic carbocycles. The molecule has 1 saturated heterocycles. The minimum Gasteiger partial charge on any atom is -0.444 e. The Balaban J connectivity index is 2.42. The second kappa shape index (κ2) is 10.6. The van der Waals surface area contributed by atoms with Crippen molar-refractivity contribution >= 4 is 12.1 Å². The van der Waals surface area contributed by atoms with Crippen LogP contribution in [0.4, 0.5) is 4.79 Å². The molecule has 8 heteroatoms. The van der Waals surface area contributed by atoms with Crippen molar-refractivity contribution in [2.75, 3.05) is 53.0 Å². The van der Waals surface area contributed by atoms with Gasteiger partial charge < -0.3 is 30.1 Å². The number of carbonyl (C=O) groups excluding carboxylic acids is 1. The number of ether oxygens (including phenoxy) is 2. The van der Waals surface area contributed by atoms with E-state index < -0.39 is 5.60 Å². The predicted octanol–water partition coefficient (Wildman–Crippen LogP) is 1.20. The van der Waals surface area contributed by atoms with Crippen molar-refractivity contribution < 1.29 is 19.4 Å². The average molecular weight is 373 g/mol. The number of amides is 1. The minimum absolute atomic E-state index is 0.0433. The van der Waals surface area contributed by atoms with Crippen LogP contribution >= 0.6 is 0 Å². The molecule has 1 aliphatic heterocycles. The Morgan fingerprint density at radius 2 is 2.12 bits per heavy atom. The van der Waals surface area contributed by atoms with E-state index in [0.717, 1.165) is 13.0 Å². The van der Waals surface area contributed by atoms with E-state index in [0.29, 0.717) is 45.2 Å². The summed E-state index contributed by atoms with van der Waals surface area (Å²) >= 11 is 0. The number of nitrogens with zero attached hydrogens (tertiary/aromatic N) is 2. The van der Waals surface area contributed by atoms with E-state index in [4.69, 9.17) is 9.47 Å². The molecule has 0 aromatic carbocycles. The Bertz CT molecular complexity index is 457. The van der Waals surface area contributed by atoms with Crippen molar-refractivity contribution in [3.05, 3.63) is 0 Å². The smallest absolute Gasteiger partial charge is 0.410 e. The lowest BCUT2D eigenvalue weighted by Crippen LogP contribution is -2.47. The van der Waals surface area contributed by atoms with Crippen molar-refractivity contribution in [3.8, 4) is 0 Å². The van der Waals surface area contributed by atoms with Crippen molar-refractivity contribution in [3.63, 3.8) is 0 Å². The maximum absolute atomic E-state index is 12.1. The molecule has 1 fully saturated rings. The Labute approximate surface area is 157 Å². The molecule has 152 valence electrons. The van der Waals surface area contributed by atoms with Gasteiger partial charge in [0.1, 0.15) is 5.60 Å². The van der Waals surface area contributed by atoms with Crippen LogP contribution in [0.25, 0.3) is 0 Å². The summed E-state index contributed by atoms with van der Waals surface area (Å²) < 4.78 is 10.9. The molecule has 0 spiro atoms. The number of likely N-dealkylation sites (N-methyl/N-ethyl adjacent to an activating group) is 1. The molecule has 0 radical (unpaired) electrons. The van der Waals surface area contributed by atoms with Gasteiger partial charge in [-0.2, -0.15) is 0 Å². The predicted molar refractivity (Wildman–Crippen MR) is 102 cm³/mol. The first-order chi connectivity index (χ1) is 12.2. The zero-order chi connectivity index (χ0) is 19.6. The number of rotatable bonds is 8. The highest BCUT2D eigenvalue weighted by Gasteiger charge is 2.34. The molecule has 0 aromatic heterocycles. The van der Waals surface area contributed by atoms with E-state index in [1.165, 1.54) is 0 Å². The van der Waals surface area contributed by atoms with Crippen LogP contribution in [0.15, 0.2) is 4.99 Å². The largest absolute Gasteiger partial charge is 0.444 e. The molecule has 0 aromatic rings. The number of guanidine groups is 1. The van der Waals surface area contributed by atoms with E-state index in [1.807, 2.05) is 27.7 Å². The maximum atomic E-state index is 12.1. The monoisotopic (exact) mass is 372 g/mol. The number of carbonyl (C=O) groups is 1. The van der Waals surface area contributed by atoms with Gasteiger partial charge in [0.15, 0.2) is 5.96 Å². The molecular formula is C18H36N4O4. The van der Waals surface area contributed by atoms with Gasteiger partial charge in [0.05, 0.1) is 6.61 Å². The van der Waals surface area contributed by atoms with Crippen molar-refractivity contribution in [2.24, 2.45) is 10.4 Å². The van der Waals surface area contributed by atoms with E-state index in [-0.39, 0.29) is 18.1 Å². The summed E-state index contributed by atoms with van der Waals surface area (Å²) in [4.78, 5) is 18.0. The van der Waals surface area contributed by atoms with Crippen LogP contribution in [0.5, 0.6) is 0 Å². The fourth-order valence-electron chi connectivity index (χ4n) is 2.82. The van der Waals surface area contributed by atoms with Crippen molar-refractivity contribution in [1.29, 1.82) is 0 Å². The third kappa shape index (κ3) is 7.78. The molecule has 1 heterocycles. The molecule has 26 heavy (non-hydrogen) atoms. The first-order valence-corrected chi connectivity index (χ1v) is 9.36. The minimum atomic E-state index is -0.500. The van der Waals surface area contributed by atoms with Gasteiger partial charge in [-0.3, -0.25) is 4.99 Å². The lowest BCUT2D eigenvalue weighted by molar-refractivity contribution is 0.0264. The summed E-state index contributed by atoms with van der Waals surface area (Å²) in [5.41, 5.74) is -0.543. The van der Waals surface area contributed by atoms with Gasteiger partial charge in [0, 0.05) is 51.9 Å². The zero-order valence-electron chi connectivity index (χ0n) is 16.9. The van der Waals surface area contributed by atoms with E-state index >= 15 is 0 Å². The molecule has 1 atom stereocenters. The molecule has 1 amide bonds. The number of hydrogen-bond donors (Lipinski definition) is 3. The highest BCUT2D eigenvalue weighted by molar-refractivity contribution is 5.79. The Morgan fingerprint density at radius 3 is 2.62 bits per heavy atom. The Kier molecular flexibility index (Phi) is 9.15. The topological polar surface area (TPSA) is 95.4 Å². The number of aliphatic hydroxyl groups excluding tert-OH is 1. The van der Waals surface area contributed by atoms with Crippen LogP contribution in [0.1, 0.15) is 40.5 Å². The number of aliphatic hydroxyl groups is 1. The molecular weight excluding hydrogens is 336 g/mol. The van der Waals surface area contributed by atoms with Crippen LogP contribution in [0.3, 0.4) is 0 Å². The van der Waals surface area contributed by atoms with Gasteiger partial charge in [-0.1, -0.05) is 0 Å². The first kappa shape index (κ1) is 22.5. The first-order valence-electron chi connectivity index (χ1n) is 9.36. The molecule has 1 unspecified atom stereocenters. The van der Waals surface area contributed by atoms with Crippen LogP contribution in [0.2, 0.25) is 0 Å². The third-order valence-electron chi connectivity index (χ3n) is 4.39. The summed E-state index contributed by atoms with van der Waals surface area (Å²) in [5.74, 6) is 0.675. The SMILES string of the molecule is CCN(CCNC(=NC)NCC1(CCO)CCOC1)C(=O)OC(C)(C)C. The molecule has 1 rings (SSSR count). The van der Waals surface area contributed by atoms with E-state index in [9.17, 15) is 9.90 Å². The normalized spacial score (nSPS) is 20.8. The molecule has 0 saturated carbocycles. The highest BCUT2D eigenvalue weighted by Crippen LogP contribution is 2.31. The van der Waals surface area contributed by atoms with Crippen molar-refractivity contribution in [2.45, 2.75) is 46.1 Å². The summed E-state index contributed by atoms with van der Waals surface area (Å²) in [6, 6.07) is 0. The zero-order valence-corrected chi connectivity index (χ0v) is 16.9. The Hall–Kier alpha value is -1.54. The van der Waals surface area contributed by atoms with Gasteiger partial charge in [-0.25, -0.2) is 4.79 Å². The number of aliphatic imine (C=N–C) groups is 1. The van der Waals surface area contributed by atoms with Gasteiger partial charge in [0.2, 0.25) is 0 Å². The van der Waals surface area contributed by atoms with Gasteiger partial charge in [-0.15, -0.1) is 0 Å². The van der Waals surface area contributed by atoms with Crippen LogP contribution < -0.4 is 10.6 Å². The average Bonchev–Trinajstić information content (AvgIpc) is 3.02. The van der Waals surface area contributed by atoms with Gasteiger partial charge in [-0.05, 0) is 40.5 Å². The highest BCUT2D eigenvalue weighted by atomic mass is 16.6. The van der Waals surface area contributed by atoms with Gasteiger partial charge in [0.25, 0.3) is 0 Å². The summed E-state index contributed by atoms with van der Waals surface area (Å²) in [6.45, 7) is 11.4. The Morgan fingerprint density at radius 1 is 1.38 bits per heavy atom. The van der Waals surface area contributed by atoms with E-state index in [2.05, 4.69) is 15.6 Å². The quantitative estimate of drug-likeness (QED) is 0.438. The second-order valence-corrected chi connectivity index (χ2v) is 7.69. The van der Waals surface area contributed by atoms with Crippen LogP contribution in [0, 0.1) is 5.41 Å². The van der Waals surface area contributed by atoms with E-state index in [1.54, 1.807) is 11.9 Å². The molecule has 0 bridgehead atoms. The van der Waals surface area contributed by atoms with Crippen molar-refractivity contribution in [1.82, 2.24) is 15.5 Å². The summed E-state index contributed by atoms with van der Waals surface area (Å²) in [5, 5.41) is 15.8. The number of hydrogen-bond acceptors (Lipinski definition) is 5. The second-order valence-electron chi connectivity index (χ2n) is 7.69. The fraction of sp³-hybridized carbons (Fsp3) is 0.889. The summed E-state index contributed by atoms with van der Waals surface area (Å²) in [6.07, 6.45) is 1.33. The van der Waals surface area contributed by atoms with Crippen LogP contribution in [-0.4, -0.2) is 80.7 Å². The molecule has 8 nitrogen and oxygen atoms in total. The maximum Gasteiger partial charge on any atom is 0.410 e.